The Hall–Kier alpha value is -2.04. The standard InChI is InChI=1S/C16H20N2O3/c1-2-16(6-7-16)10-17-15(21)18-8-5-11-9-12(14(19)20)3-4-13(11)18/h3-4,9H,2,5-8,10H2,1H3,(H,17,21)(H,19,20). The summed E-state index contributed by atoms with van der Waals surface area (Å²) in [4.78, 5) is 25.0. The number of carboxylic acid groups (broad SMARTS) is 1. The molecule has 1 aromatic rings. The molecule has 0 aromatic heterocycles. The zero-order valence-corrected chi connectivity index (χ0v) is 12.2. The Kier molecular flexibility index (Phi) is 3.35. The summed E-state index contributed by atoms with van der Waals surface area (Å²) in [7, 11) is 0. The Balaban J connectivity index is 1.69. The maximum Gasteiger partial charge on any atom is 0.335 e. The predicted octanol–water partition coefficient (Wildman–Crippen LogP) is 2.65. The van der Waals surface area contributed by atoms with Crippen molar-refractivity contribution in [1.82, 2.24) is 5.32 Å². The molecule has 2 amide bonds. The molecule has 1 aromatic carbocycles. The van der Waals surface area contributed by atoms with Gasteiger partial charge in [-0.3, -0.25) is 4.90 Å². The van der Waals surface area contributed by atoms with Crippen molar-refractivity contribution in [3.63, 3.8) is 0 Å². The smallest absolute Gasteiger partial charge is 0.335 e. The minimum atomic E-state index is -0.931. The van der Waals surface area contributed by atoms with Gasteiger partial charge in [-0.1, -0.05) is 6.92 Å². The molecule has 112 valence electrons. The minimum Gasteiger partial charge on any atom is -0.478 e. The van der Waals surface area contributed by atoms with E-state index in [2.05, 4.69) is 12.2 Å². The van der Waals surface area contributed by atoms with Crippen LogP contribution >= 0.6 is 0 Å². The van der Waals surface area contributed by atoms with E-state index in [4.69, 9.17) is 5.11 Å². The summed E-state index contributed by atoms with van der Waals surface area (Å²) in [5, 5.41) is 12.0. The van der Waals surface area contributed by atoms with Crippen LogP contribution < -0.4 is 10.2 Å². The lowest BCUT2D eigenvalue weighted by Crippen LogP contribution is -2.41. The molecule has 0 atom stereocenters. The third-order valence-corrected chi connectivity index (χ3v) is 4.79. The second-order valence-corrected chi connectivity index (χ2v) is 6.06. The summed E-state index contributed by atoms with van der Waals surface area (Å²) >= 11 is 0. The van der Waals surface area contributed by atoms with Crippen LogP contribution in [0.25, 0.3) is 0 Å². The molecule has 0 unspecified atom stereocenters. The number of fused-ring (bicyclic) bond motifs is 1. The number of benzene rings is 1. The fraction of sp³-hybridized carbons (Fsp3) is 0.500. The summed E-state index contributed by atoms with van der Waals surface area (Å²) in [6, 6.07) is 4.88. The Bertz CT molecular complexity index is 593. The SMILES string of the molecule is CCC1(CNC(=O)N2CCc3cc(C(=O)O)ccc32)CC1. The number of urea groups is 1. The number of carbonyl (C=O) groups is 2. The van der Waals surface area contributed by atoms with Gasteiger partial charge in [-0.15, -0.1) is 0 Å². The molecule has 0 bridgehead atoms. The van der Waals surface area contributed by atoms with Gasteiger partial charge in [-0.2, -0.15) is 0 Å². The Morgan fingerprint density at radius 1 is 1.38 bits per heavy atom. The Labute approximate surface area is 123 Å². The number of amides is 2. The Morgan fingerprint density at radius 2 is 2.14 bits per heavy atom. The summed E-state index contributed by atoms with van der Waals surface area (Å²) in [5.41, 5.74) is 2.37. The number of aromatic carboxylic acids is 1. The molecule has 1 fully saturated rings. The first kappa shape index (κ1) is 13.9. The van der Waals surface area contributed by atoms with Gasteiger partial charge in [0.05, 0.1) is 5.56 Å². The largest absolute Gasteiger partial charge is 0.478 e. The van der Waals surface area contributed by atoms with Gasteiger partial charge < -0.3 is 10.4 Å². The highest BCUT2D eigenvalue weighted by Gasteiger charge is 2.41. The lowest BCUT2D eigenvalue weighted by Gasteiger charge is -2.20. The van der Waals surface area contributed by atoms with Gasteiger partial charge in [-0.05, 0) is 54.9 Å². The first-order chi connectivity index (χ1) is 10.0. The van der Waals surface area contributed by atoms with Gasteiger partial charge in [0.1, 0.15) is 0 Å². The molecule has 5 nitrogen and oxygen atoms in total. The lowest BCUT2D eigenvalue weighted by atomic mass is 10.0. The van der Waals surface area contributed by atoms with Crippen molar-refractivity contribution in [3.05, 3.63) is 29.3 Å². The van der Waals surface area contributed by atoms with Crippen molar-refractivity contribution in [2.75, 3.05) is 18.0 Å². The molecule has 1 aliphatic carbocycles. The molecule has 1 saturated carbocycles. The van der Waals surface area contributed by atoms with E-state index in [0.29, 0.717) is 18.4 Å². The summed E-state index contributed by atoms with van der Waals surface area (Å²) in [5.74, 6) is -0.931. The van der Waals surface area contributed by atoms with E-state index >= 15 is 0 Å². The zero-order valence-electron chi connectivity index (χ0n) is 12.2. The number of nitrogens with zero attached hydrogens (tertiary/aromatic N) is 1. The van der Waals surface area contributed by atoms with Gasteiger partial charge in [0.25, 0.3) is 0 Å². The first-order valence-corrected chi connectivity index (χ1v) is 7.46. The number of carboxylic acids is 1. The lowest BCUT2D eigenvalue weighted by molar-refractivity contribution is 0.0697. The van der Waals surface area contributed by atoms with Crippen LogP contribution in [-0.4, -0.2) is 30.2 Å². The molecule has 5 heteroatoms. The van der Waals surface area contributed by atoms with Gasteiger partial charge in [0, 0.05) is 18.8 Å². The van der Waals surface area contributed by atoms with Crippen molar-refractivity contribution < 1.29 is 14.7 Å². The average Bonchev–Trinajstić information content (AvgIpc) is 3.15. The van der Waals surface area contributed by atoms with E-state index < -0.39 is 5.97 Å². The summed E-state index contributed by atoms with van der Waals surface area (Å²) < 4.78 is 0. The number of nitrogens with one attached hydrogen (secondary N) is 1. The molecule has 0 radical (unpaired) electrons. The van der Waals surface area contributed by atoms with Gasteiger partial charge >= 0.3 is 12.0 Å². The second kappa shape index (κ2) is 5.06. The van der Waals surface area contributed by atoms with Gasteiger partial charge in [0.2, 0.25) is 0 Å². The van der Waals surface area contributed by atoms with E-state index in [1.165, 1.54) is 12.8 Å². The monoisotopic (exact) mass is 288 g/mol. The maximum absolute atomic E-state index is 12.3. The average molecular weight is 288 g/mol. The Morgan fingerprint density at radius 3 is 2.76 bits per heavy atom. The molecule has 0 saturated heterocycles. The summed E-state index contributed by atoms with van der Waals surface area (Å²) in [6.07, 6.45) is 4.21. The number of anilines is 1. The van der Waals surface area contributed by atoms with Crippen LogP contribution in [0.2, 0.25) is 0 Å². The van der Waals surface area contributed by atoms with Crippen LogP contribution in [0.5, 0.6) is 0 Å². The van der Waals surface area contributed by atoms with Crippen LogP contribution in [0.4, 0.5) is 10.5 Å². The zero-order chi connectivity index (χ0) is 15.0. The molecule has 21 heavy (non-hydrogen) atoms. The summed E-state index contributed by atoms with van der Waals surface area (Å²) in [6.45, 7) is 3.52. The molecule has 2 N–H and O–H groups in total. The molecular formula is C16H20N2O3. The fourth-order valence-corrected chi connectivity index (χ4v) is 2.94. The molecule has 0 spiro atoms. The first-order valence-electron chi connectivity index (χ1n) is 7.46. The predicted molar refractivity (Wildman–Crippen MR) is 79.8 cm³/mol. The van der Waals surface area contributed by atoms with Crippen LogP contribution in [0, 0.1) is 5.41 Å². The quantitative estimate of drug-likeness (QED) is 0.895. The van der Waals surface area contributed by atoms with E-state index in [-0.39, 0.29) is 11.6 Å². The molecule has 3 rings (SSSR count). The third-order valence-electron chi connectivity index (χ3n) is 4.79. The molecule has 1 aliphatic heterocycles. The highest BCUT2D eigenvalue weighted by atomic mass is 16.4. The minimum absolute atomic E-state index is 0.0726. The van der Waals surface area contributed by atoms with Crippen LogP contribution in [0.1, 0.15) is 42.1 Å². The third kappa shape index (κ3) is 2.60. The van der Waals surface area contributed by atoms with Crippen LogP contribution in [0.3, 0.4) is 0 Å². The van der Waals surface area contributed by atoms with E-state index in [1.54, 1.807) is 23.1 Å². The highest BCUT2D eigenvalue weighted by Crippen LogP contribution is 2.47. The van der Waals surface area contributed by atoms with Crippen molar-refractivity contribution >= 4 is 17.7 Å². The topological polar surface area (TPSA) is 69.6 Å². The van der Waals surface area contributed by atoms with Crippen molar-refractivity contribution in [3.8, 4) is 0 Å². The van der Waals surface area contributed by atoms with E-state index in [1.807, 2.05) is 0 Å². The van der Waals surface area contributed by atoms with Crippen molar-refractivity contribution in [2.45, 2.75) is 32.6 Å². The number of rotatable bonds is 4. The van der Waals surface area contributed by atoms with Gasteiger partial charge in [0.15, 0.2) is 0 Å². The second-order valence-electron chi connectivity index (χ2n) is 6.06. The number of carbonyl (C=O) groups excluding carboxylic acids is 1. The van der Waals surface area contributed by atoms with E-state index in [0.717, 1.165) is 24.2 Å². The molecule has 2 aliphatic rings. The molecule has 1 heterocycles. The van der Waals surface area contributed by atoms with Crippen molar-refractivity contribution in [2.24, 2.45) is 5.41 Å². The molecular weight excluding hydrogens is 268 g/mol. The van der Waals surface area contributed by atoms with Gasteiger partial charge in [-0.25, -0.2) is 9.59 Å². The van der Waals surface area contributed by atoms with E-state index in [9.17, 15) is 9.59 Å². The van der Waals surface area contributed by atoms with Crippen molar-refractivity contribution in [1.29, 1.82) is 0 Å². The highest BCUT2D eigenvalue weighted by molar-refractivity contribution is 5.96. The fourth-order valence-electron chi connectivity index (χ4n) is 2.94. The maximum atomic E-state index is 12.3. The number of hydrogen-bond acceptors (Lipinski definition) is 2. The number of hydrogen-bond donors (Lipinski definition) is 2. The van der Waals surface area contributed by atoms with Crippen LogP contribution in [0.15, 0.2) is 18.2 Å². The van der Waals surface area contributed by atoms with Crippen LogP contribution in [-0.2, 0) is 6.42 Å². The normalized spacial score (nSPS) is 18.2.